The number of carboxylic acid groups (broad SMARTS) is 1. The molecule has 110 valence electrons. The molecule has 0 aromatic heterocycles. The van der Waals surface area contributed by atoms with Crippen molar-refractivity contribution in [3.8, 4) is 0 Å². The van der Waals surface area contributed by atoms with Gasteiger partial charge in [0.1, 0.15) is 6.04 Å². The molecule has 0 heterocycles. The Labute approximate surface area is 113 Å². The summed E-state index contributed by atoms with van der Waals surface area (Å²) in [5.41, 5.74) is -0.476. The van der Waals surface area contributed by atoms with Crippen molar-refractivity contribution in [2.75, 3.05) is 0 Å². The maximum atomic E-state index is 13.0. The first-order valence-corrected chi connectivity index (χ1v) is 5.96. The van der Waals surface area contributed by atoms with Gasteiger partial charge in [-0.05, 0) is 18.1 Å². The van der Waals surface area contributed by atoms with Crippen molar-refractivity contribution in [2.45, 2.75) is 26.3 Å². The van der Waals surface area contributed by atoms with E-state index in [2.05, 4.69) is 5.32 Å². The maximum Gasteiger partial charge on any atom is 0.326 e. The number of amides is 1. The fourth-order valence-electron chi connectivity index (χ4n) is 1.59. The zero-order chi connectivity index (χ0) is 15.4. The fourth-order valence-corrected chi connectivity index (χ4v) is 1.59. The third-order valence-corrected chi connectivity index (χ3v) is 3.01. The van der Waals surface area contributed by atoms with Crippen LogP contribution in [0.2, 0.25) is 0 Å². The molecule has 7 heteroatoms. The molecule has 1 rings (SSSR count). The molecule has 0 saturated carbocycles. The van der Waals surface area contributed by atoms with E-state index < -0.39 is 40.9 Å². The Morgan fingerprint density at radius 3 is 2.15 bits per heavy atom. The predicted molar refractivity (Wildman–Crippen MR) is 64.7 cm³/mol. The molecule has 1 aromatic rings. The summed E-state index contributed by atoms with van der Waals surface area (Å²) in [6, 6.07) is -0.157. The number of aliphatic carboxylic acids is 1. The number of rotatable bonds is 5. The van der Waals surface area contributed by atoms with Crippen LogP contribution in [0.15, 0.2) is 12.1 Å². The van der Waals surface area contributed by atoms with Gasteiger partial charge in [0.25, 0.3) is 5.91 Å². The second-order valence-corrected chi connectivity index (χ2v) is 4.43. The molecule has 0 aliphatic rings. The first kappa shape index (κ1) is 16.0. The van der Waals surface area contributed by atoms with E-state index in [4.69, 9.17) is 5.11 Å². The van der Waals surface area contributed by atoms with Crippen LogP contribution in [0.4, 0.5) is 13.2 Å². The van der Waals surface area contributed by atoms with Gasteiger partial charge in [-0.25, -0.2) is 18.0 Å². The standard InChI is InChI=1S/C13H14F3NO3/c1-3-6(2)11(13(19)20)17-12(18)7-4-8(14)10(16)9(15)5-7/h4-6,11H,3H2,1-2H3,(H,17,18)(H,19,20). The first-order valence-electron chi connectivity index (χ1n) is 5.96. The van der Waals surface area contributed by atoms with Crippen LogP contribution in [0.25, 0.3) is 0 Å². The molecule has 0 radical (unpaired) electrons. The number of halogens is 3. The highest BCUT2D eigenvalue weighted by Crippen LogP contribution is 2.15. The molecule has 4 nitrogen and oxygen atoms in total. The van der Waals surface area contributed by atoms with E-state index in [-0.39, 0.29) is 5.92 Å². The average molecular weight is 289 g/mol. The smallest absolute Gasteiger partial charge is 0.326 e. The summed E-state index contributed by atoms with van der Waals surface area (Å²) < 4.78 is 38.8. The Morgan fingerprint density at radius 1 is 1.25 bits per heavy atom. The summed E-state index contributed by atoms with van der Waals surface area (Å²) in [4.78, 5) is 22.8. The van der Waals surface area contributed by atoms with Gasteiger partial charge in [0.2, 0.25) is 0 Å². The molecule has 0 aliphatic heterocycles. The highest BCUT2D eigenvalue weighted by Gasteiger charge is 2.26. The van der Waals surface area contributed by atoms with Crippen LogP contribution in [0.5, 0.6) is 0 Å². The SMILES string of the molecule is CCC(C)C(NC(=O)c1cc(F)c(F)c(F)c1)C(=O)O. The topological polar surface area (TPSA) is 66.4 Å². The number of hydrogen-bond acceptors (Lipinski definition) is 2. The quantitative estimate of drug-likeness (QED) is 0.818. The van der Waals surface area contributed by atoms with Crippen LogP contribution < -0.4 is 5.32 Å². The van der Waals surface area contributed by atoms with Crippen LogP contribution in [0.1, 0.15) is 30.6 Å². The Hall–Kier alpha value is -2.05. The minimum Gasteiger partial charge on any atom is -0.480 e. The van der Waals surface area contributed by atoms with Crippen LogP contribution >= 0.6 is 0 Å². The highest BCUT2D eigenvalue weighted by molar-refractivity contribution is 5.96. The van der Waals surface area contributed by atoms with Crippen LogP contribution in [-0.4, -0.2) is 23.0 Å². The van der Waals surface area contributed by atoms with Gasteiger partial charge in [0.05, 0.1) is 0 Å². The average Bonchev–Trinajstić information content (AvgIpc) is 2.39. The van der Waals surface area contributed by atoms with Gasteiger partial charge >= 0.3 is 5.97 Å². The van der Waals surface area contributed by atoms with Crippen molar-refractivity contribution in [1.82, 2.24) is 5.32 Å². The Balaban J connectivity index is 2.98. The summed E-state index contributed by atoms with van der Waals surface area (Å²) in [6.45, 7) is 3.36. The lowest BCUT2D eigenvalue weighted by Gasteiger charge is -2.20. The molecule has 20 heavy (non-hydrogen) atoms. The molecular weight excluding hydrogens is 275 g/mol. The zero-order valence-corrected chi connectivity index (χ0v) is 10.9. The second kappa shape index (κ2) is 6.40. The van der Waals surface area contributed by atoms with Gasteiger partial charge in [-0.1, -0.05) is 20.3 Å². The van der Waals surface area contributed by atoms with Crippen molar-refractivity contribution >= 4 is 11.9 Å². The summed E-state index contributed by atoms with van der Waals surface area (Å²) >= 11 is 0. The lowest BCUT2D eigenvalue weighted by molar-refractivity contribution is -0.140. The summed E-state index contributed by atoms with van der Waals surface area (Å²) in [5.74, 6) is -7.30. The number of benzene rings is 1. The molecule has 0 fully saturated rings. The molecule has 1 amide bonds. The number of carbonyl (C=O) groups is 2. The van der Waals surface area contributed by atoms with E-state index in [1.54, 1.807) is 13.8 Å². The Kier molecular flexibility index (Phi) is 5.12. The number of nitrogens with one attached hydrogen (secondary N) is 1. The third-order valence-electron chi connectivity index (χ3n) is 3.01. The van der Waals surface area contributed by atoms with Gasteiger partial charge < -0.3 is 10.4 Å². The highest BCUT2D eigenvalue weighted by atomic mass is 19.2. The van der Waals surface area contributed by atoms with Gasteiger partial charge in [0.15, 0.2) is 17.5 Å². The lowest BCUT2D eigenvalue weighted by atomic mass is 9.99. The largest absolute Gasteiger partial charge is 0.480 e. The number of carboxylic acids is 1. The molecule has 0 saturated heterocycles. The van der Waals surface area contributed by atoms with Gasteiger partial charge in [-0.3, -0.25) is 4.79 Å². The van der Waals surface area contributed by atoms with E-state index in [9.17, 15) is 22.8 Å². The fraction of sp³-hybridized carbons (Fsp3) is 0.385. The van der Waals surface area contributed by atoms with Crippen molar-refractivity contribution in [2.24, 2.45) is 5.92 Å². The normalized spacial score (nSPS) is 13.7. The van der Waals surface area contributed by atoms with E-state index in [1.807, 2.05) is 0 Å². The molecule has 0 spiro atoms. The van der Waals surface area contributed by atoms with Crippen LogP contribution in [-0.2, 0) is 4.79 Å². The van der Waals surface area contributed by atoms with Gasteiger partial charge in [0, 0.05) is 5.56 Å². The molecular formula is C13H14F3NO3. The van der Waals surface area contributed by atoms with Gasteiger partial charge in [-0.2, -0.15) is 0 Å². The van der Waals surface area contributed by atoms with E-state index in [1.165, 1.54) is 0 Å². The monoisotopic (exact) mass is 289 g/mol. The van der Waals surface area contributed by atoms with E-state index in [0.29, 0.717) is 18.6 Å². The van der Waals surface area contributed by atoms with Crippen molar-refractivity contribution in [1.29, 1.82) is 0 Å². The minimum absolute atomic E-state index is 0.369. The van der Waals surface area contributed by atoms with Crippen molar-refractivity contribution in [3.63, 3.8) is 0 Å². The summed E-state index contributed by atoms with van der Waals surface area (Å²) in [7, 11) is 0. The molecule has 2 N–H and O–H groups in total. The second-order valence-electron chi connectivity index (χ2n) is 4.43. The predicted octanol–water partition coefficient (Wildman–Crippen LogP) is 2.33. The minimum atomic E-state index is -1.68. The summed E-state index contributed by atoms with van der Waals surface area (Å²) in [6.07, 6.45) is 0.489. The van der Waals surface area contributed by atoms with Crippen LogP contribution in [0, 0.1) is 23.4 Å². The molecule has 0 bridgehead atoms. The van der Waals surface area contributed by atoms with E-state index >= 15 is 0 Å². The third kappa shape index (κ3) is 3.49. The van der Waals surface area contributed by atoms with Gasteiger partial charge in [-0.15, -0.1) is 0 Å². The number of hydrogen-bond donors (Lipinski definition) is 2. The summed E-state index contributed by atoms with van der Waals surface area (Å²) in [5, 5.41) is 11.2. The Morgan fingerprint density at radius 2 is 1.75 bits per heavy atom. The molecule has 2 unspecified atom stereocenters. The molecule has 2 atom stereocenters. The van der Waals surface area contributed by atoms with Crippen LogP contribution in [0.3, 0.4) is 0 Å². The lowest BCUT2D eigenvalue weighted by Crippen LogP contribution is -2.45. The maximum absolute atomic E-state index is 13.0. The zero-order valence-electron chi connectivity index (χ0n) is 10.9. The molecule has 1 aromatic carbocycles. The number of carbonyl (C=O) groups excluding carboxylic acids is 1. The van der Waals surface area contributed by atoms with E-state index in [0.717, 1.165) is 0 Å². The Bertz CT molecular complexity index is 511. The van der Waals surface area contributed by atoms with Crippen molar-refractivity contribution in [3.05, 3.63) is 35.1 Å². The molecule has 0 aliphatic carbocycles. The first-order chi connectivity index (χ1) is 9.27. The van der Waals surface area contributed by atoms with Crippen molar-refractivity contribution < 1.29 is 27.9 Å².